The maximum Gasteiger partial charge on any atom is 0.336 e. The molecule has 0 aliphatic heterocycles. The summed E-state index contributed by atoms with van der Waals surface area (Å²) in [7, 11) is 0. The van der Waals surface area contributed by atoms with Crippen LogP contribution in [0, 0.1) is 0 Å². The summed E-state index contributed by atoms with van der Waals surface area (Å²) < 4.78 is 0. The third kappa shape index (κ3) is 5.32. The summed E-state index contributed by atoms with van der Waals surface area (Å²) in [6, 6.07) is 6.75. The van der Waals surface area contributed by atoms with Crippen LogP contribution in [0.25, 0.3) is 6.08 Å². The van der Waals surface area contributed by atoms with Crippen LogP contribution in [0.3, 0.4) is 0 Å². The highest BCUT2D eigenvalue weighted by Gasteiger charge is 2.04. The summed E-state index contributed by atoms with van der Waals surface area (Å²) in [4.78, 5) is 20.1. The van der Waals surface area contributed by atoms with Crippen molar-refractivity contribution in [3.8, 4) is 0 Å². The number of aliphatic carboxylic acids is 1. The average molecular weight is 234 g/mol. The summed E-state index contributed by atoms with van der Waals surface area (Å²) in [6.45, 7) is 8.11. The molecule has 0 aliphatic rings. The zero-order valence-electron chi connectivity index (χ0n) is 9.51. The number of hydrogen-bond acceptors (Lipinski definition) is 2. The lowest BCUT2D eigenvalue weighted by atomic mass is 10.1. The van der Waals surface area contributed by atoms with E-state index in [1.54, 1.807) is 24.3 Å². The predicted molar refractivity (Wildman–Crippen MR) is 65.9 cm³/mol. The van der Waals surface area contributed by atoms with E-state index >= 15 is 0 Å². The summed E-state index contributed by atoms with van der Waals surface area (Å²) in [5.41, 5.74) is 1.12. The largest absolute Gasteiger partial charge is 0.478 e. The van der Waals surface area contributed by atoms with Crippen molar-refractivity contribution in [3.63, 3.8) is 0 Å². The number of carbonyl (C=O) groups is 2. The predicted octanol–water partition coefficient (Wildman–Crippen LogP) is 2.67. The zero-order chi connectivity index (χ0) is 13.4. The van der Waals surface area contributed by atoms with Gasteiger partial charge in [0.1, 0.15) is 0 Å². The van der Waals surface area contributed by atoms with Crippen molar-refractivity contribution in [2.75, 3.05) is 0 Å². The molecular weight excluding hydrogens is 220 g/mol. The number of hydrogen-bond donors (Lipinski definition) is 2. The molecule has 4 nitrogen and oxygen atoms in total. The van der Waals surface area contributed by atoms with Crippen LogP contribution in [0.4, 0.5) is 0 Å². The molecule has 1 aromatic carbocycles. The second-order valence-corrected chi connectivity index (χ2v) is 3.18. The number of rotatable bonds is 3. The Labute approximate surface area is 99.5 Å². The number of carboxylic acids is 2. The molecule has 0 bridgehead atoms. The van der Waals surface area contributed by atoms with Crippen molar-refractivity contribution >= 4 is 18.0 Å². The normalized spacial score (nSPS) is 8.53. The first-order valence-corrected chi connectivity index (χ1v) is 4.73. The van der Waals surface area contributed by atoms with Gasteiger partial charge in [-0.3, -0.25) is 0 Å². The lowest BCUT2D eigenvalue weighted by Gasteiger charge is -1.97. The fourth-order valence-corrected chi connectivity index (χ4v) is 0.870. The van der Waals surface area contributed by atoms with Gasteiger partial charge >= 0.3 is 11.9 Å². The van der Waals surface area contributed by atoms with E-state index in [4.69, 9.17) is 10.2 Å². The van der Waals surface area contributed by atoms with E-state index in [-0.39, 0.29) is 5.57 Å². The summed E-state index contributed by atoms with van der Waals surface area (Å²) in [6.07, 6.45) is 1.53. The second kappa shape index (κ2) is 7.00. The van der Waals surface area contributed by atoms with Crippen LogP contribution in [0.5, 0.6) is 0 Å². The Kier molecular flexibility index (Phi) is 6.03. The molecule has 2 N–H and O–H groups in total. The Balaban J connectivity index is 0.000000366. The van der Waals surface area contributed by atoms with Crippen LogP contribution < -0.4 is 0 Å². The molecule has 0 fully saturated rings. The molecule has 0 saturated heterocycles. The van der Waals surface area contributed by atoms with Gasteiger partial charge in [0.05, 0.1) is 5.56 Å². The molecule has 4 heteroatoms. The molecule has 90 valence electrons. The van der Waals surface area contributed by atoms with E-state index in [9.17, 15) is 9.59 Å². The topological polar surface area (TPSA) is 74.6 Å². The van der Waals surface area contributed by atoms with Gasteiger partial charge < -0.3 is 10.2 Å². The monoisotopic (exact) mass is 234 g/mol. The van der Waals surface area contributed by atoms with E-state index in [2.05, 4.69) is 13.2 Å². The minimum absolute atomic E-state index is 0.176. The highest BCUT2D eigenvalue weighted by molar-refractivity contribution is 5.91. The summed E-state index contributed by atoms with van der Waals surface area (Å²) in [5, 5.41) is 16.5. The van der Waals surface area contributed by atoms with Crippen LogP contribution >= 0.6 is 0 Å². The van der Waals surface area contributed by atoms with Crippen molar-refractivity contribution < 1.29 is 19.8 Å². The summed E-state index contributed by atoms with van der Waals surface area (Å²) >= 11 is 0. The van der Waals surface area contributed by atoms with Gasteiger partial charge in [-0.2, -0.15) is 0 Å². The van der Waals surface area contributed by atoms with Gasteiger partial charge in [-0.15, -0.1) is 0 Å². The molecule has 0 aromatic heterocycles. The molecule has 0 radical (unpaired) electrons. The van der Waals surface area contributed by atoms with Crippen LogP contribution in [0.1, 0.15) is 22.8 Å². The van der Waals surface area contributed by atoms with Crippen molar-refractivity contribution in [2.45, 2.75) is 6.92 Å². The first-order valence-electron chi connectivity index (χ1n) is 4.73. The molecule has 1 aromatic rings. The third-order valence-electron chi connectivity index (χ3n) is 1.78. The Bertz CT molecular complexity index is 434. The van der Waals surface area contributed by atoms with Gasteiger partial charge in [0.25, 0.3) is 0 Å². The van der Waals surface area contributed by atoms with E-state index in [0.29, 0.717) is 11.1 Å². The van der Waals surface area contributed by atoms with Crippen LogP contribution in [0.2, 0.25) is 0 Å². The van der Waals surface area contributed by atoms with Gasteiger partial charge in [-0.05, 0) is 18.6 Å². The molecule has 0 heterocycles. The van der Waals surface area contributed by atoms with Crippen LogP contribution in [-0.4, -0.2) is 22.2 Å². The minimum atomic E-state index is -0.935. The SMILES string of the molecule is C=C(C)C(=O)O.C=Cc1ccccc1C(=O)O. The van der Waals surface area contributed by atoms with E-state index in [0.717, 1.165) is 0 Å². The number of benzene rings is 1. The maximum absolute atomic E-state index is 10.5. The maximum atomic E-state index is 10.5. The Morgan fingerprint density at radius 2 is 1.71 bits per heavy atom. The highest BCUT2D eigenvalue weighted by atomic mass is 16.4. The van der Waals surface area contributed by atoms with Crippen LogP contribution in [0.15, 0.2) is 43.0 Å². The standard InChI is InChI=1S/C9H8O2.C4H6O2/c1-2-7-5-3-4-6-8(7)9(10)11;1-3(2)4(5)6/h2-6H,1H2,(H,10,11);1H2,2H3,(H,5,6). The molecule has 1 rings (SSSR count). The first kappa shape index (κ1) is 14.6. The summed E-state index contributed by atoms with van der Waals surface area (Å²) in [5.74, 6) is -1.85. The smallest absolute Gasteiger partial charge is 0.336 e. The van der Waals surface area contributed by atoms with Crippen molar-refractivity contribution in [3.05, 3.63) is 54.1 Å². The molecule has 0 saturated carbocycles. The molecule has 17 heavy (non-hydrogen) atoms. The van der Waals surface area contributed by atoms with Gasteiger partial charge in [-0.25, -0.2) is 9.59 Å². The molecule has 0 spiro atoms. The second-order valence-electron chi connectivity index (χ2n) is 3.18. The minimum Gasteiger partial charge on any atom is -0.478 e. The van der Waals surface area contributed by atoms with Gasteiger partial charge in [0.15, 0.2) is 0 Å². The quantitative estimate of drug-likeness (QED) is 0.788. The molecule has 0 unspecified atom stereocenters. The van der Waals surface area contributed by atoms with Crippen molar-refractivity contribution in [1.82, 2.24) is 0 Å². The van der Waals surface area contributed by atoms with Gasteiger partial charge in [0.2, 0.25) is 0 Å². The highest BCUT2D eigenvalue weighted by Crippen LogP contribution is 2.08. The fourth-order valence-electron chi connectivity index (χ4n) is 0.870. The van der Waals surface area contributed by atoms with E-state index < -0.39 is 11.9 Å². The average Bonchev–Trinajstić information content (AvgIpc) is 2.29. The van der Waals surface area contributed by atoms with Gasteiger partial charge in [-0.1, -0.05) is 37.4 Å². The molecule has 0 aliphatic carbocycles. The van der Waals surface area contributed by atoms with Crippen molar-refractivity contribution in [2.24, 2.45) is 0 Å². The third-order valence-corrected chi connectivity index (χ3v) is 1.78. The molecule has 0 atom stereocenters. The van der Waals surface area contributed by atoms with E-state index in [1.807, 2.05) is 0 Å². The first-order chi connectivity index (χ1) is 7.90. The number of aromatic carboxylic acids is 1. The fraction of sp³-hybridized carbons (Fsp3) is 0.0769. The number of carboxylic acid groups (broad SMARTS) is 2. The zero-order valence-corrected chi connectivity index (χ0v) is 9.51. The lowest BCUT2D eigenvalue weighted by Crippen LogP contribution is -1.98. The Hall–Kier alpha value is -2.36. The lowest BCUT2D eigenvalue weighted by molar-refractivity contribution is -0.132. The molecular formula is C13H14O4. The van der Waals surface area contributed by atoms with E-state index in [1.165, 1.54) is 13.0 Å². The van der Waals surface area contributed by atoms with Gasteiger partial charge in [0, 0.05) is 5.57 Å². The van der Waals surface area contributed by atoms with Crippen LogP contribution in [-0.2, 0) is 4.79 Å². The Morgan fingerprint density at radius 1 is 1.24 bits per heavy atom. The van der Waals surface area contributed by atoms with Crippen molar-refractivity contribution in [1.29, 1.82) is 0 Å². The molecule has 0 amide bonds. The Morgan fingerprint density at radius 3 is 2.00 bits per heavy atom.